The van der Waals surface area contributed by atoms with Gasteiger partial charge in [-0.3, -0.25) is 14.5 Å². The lowest BCUT2D eigenvalue weighted by Gasteiger charge is -2.13. The van der Waals surface area contributed by atoms with Gasteiger partial charge in [0.05, 0.1) is 23.9 Å². The molecule has 7 nitrogen and oxygen atoms in total. The minimum atomic E-state index is -4.70. The molecule has 0 aliphatic heterocycles. The molecule has 2 aromatic carbocycles. The number of hydrogen-bond acceptors (Lipinski definition) is 4. The van der Waals surface area contributed by atoms with Gasteiger partial charge >= 0.3 is 6.18 Å². The van der Waals surface area contributed by atoms with Crippen molar-refractivity contribution in [2.24, 2.45) is 0 Å². The van der Waals surface area contributed by atoms with E-state index in [0.717, 1.165) is 11.6 Å². The summed E-state index contributed by atoms with van der Waals surface area (Å²) in [6, 6.07) is 11.3. The van der Waals surface area contributed by atoms with Gasteiger partial charge in [0.15, 0.2) is 5.82 Å². The topological polar surface area (TPSA) is 80.1 Å². The molecule has 1 N–H and O–H groups in total. The van der Waals surface area contributed by atoms with Gasteiger partial charge < -0.3 is 5.32 Å². The molecule has 0 unspecified atom stereocenters. The molecule has 2 amide bonds. The zero-order valence-electron chi connectivity index (χ0n) is 16.7. The Balaban J connectivity index is 1.52. The maximum atomic E-state index is 13.9. The lowest BCUT2D eigenvalue weighted by atomic mass is 10.1. The van der Waals surface area contributed by atoms with Gasteiger partial charge in [-0.15, -0.1) is 5.10 Å². The maximum absolute atomic E-state index is 13.9. The second-order valence-corrected chi connectivity index (χ2v) is 6.82. The van der Waals surface area contributed by atoms with E-state index in [1.54, 1.807) is 0 Å². The van der Waals surface area contributed by atoms with E-state index in [4.69, 9.17) is 0 Å². The van der Waals surface area contributed by atoms with E-state index in [1.807, 2.05) is 30.3 Å². The molecule has 0 bridgehead atoms. The molecule has 1 heterocycles. The van der Waals surface area contributed by atoms with Gasteiger partial charge in [0.2, 0.25) is 6.41 Å². The second-order valence-electron chi connectivity index (χ2n) is 6.82. The fourth-order valence-electron chi connectivity index (χ4n) is 2.90. The predicted octanol–water partition coefficient (Wildman–Crippen LogP) is 3.07. The Labute approximate surface area is 180 Å². The first-order chi connectivity index (χ1) is 15.3. The summed E-state index contributed by atoms with van der Waals surface area (Å²) in [7, 11) is 0. The summed E-state index contributed by atoms with van der Waals surface area (Å²) in [5, 5.41) is 10.2. The van der Waals surface area contributed by atoms with Crippen LogP contribution >= 0.6 is 0 Å². The summed E-state index contributed by atoms with van der Waals surface area (Å²) in [5.41, 5.74) is -0.607. The van der Waals surface area contributed by atoms with Crippen LogP contribution in [0.15, 0.2) is 54.7 Å². The molecule has 0 saturated carbocycles. The lowest BCUT2D eigenvalue weighted by Crippen LogP contribution is -2.28. The van der Waals surface area contributed by atoms with E-state index >= 15 is 0 Å². The normalized spacial score (nSPS) is 11.2. The summed E-state index contributed by atoms with van der Waals surface area (Å²) >= 11 is 0. The van der Waals surface area contributed by atoms with Crippen molar-refractivity contribution in [3.63, 3.8) is 0 Å². The first-order valence-electron chi connectivity index (χ1n) is 9.59. The zero-order chi connectivity index (χ0) is 23.1. The van der Waals surface area contributed by atoms with Crippen LogP contribution in [0.25, 0.3) is 0 Å². The third-order valence-electron chi connectivity index (χ3n) is 4.60. The predicted molar refractivity (Wildman–Crippen MR) is 107 cm³/mol. The van der Waals surface area contributed by atoms with Gasteiger partial charge in [-0.2, -0.15) is 13.2 Å². The molecular weight excluding hydrogens is 430 g/mol. The maximum Gasteiger partial charge on any atom is 0.416 e. The molecule has 168 valence electrons. The smallest absolute Gasteiger partial charge is 0.350 e. The van der Waals surface area contributed by atoms with E-state index in [9.17, 15) is 27.2 Å². The van der Waals surface area contributed by atoms with E-state index < -0.39 is 29.0 Å². The molecule has 32 heavy (non-hydrogen) atoms. The first-order valence-corrected chi connectivity index (χ1v) is 9.59. The third kappa shape index (κ3) is 5.90. The van der Waals surface area contributed by atoms with Crippen molar-refractivity contribution < 1.29 is 27.2 Å². The largest absolute Gasteiger partial charge is 0.416 e. The fourth-order valence-corrected chi connectivity index (χ4v) is 2.90. The van der Waals surface area contributed by atoms with Gasteiger partial charge in [-0.1, -0.05) is 35.5 Å². The molecule has 1 aromatic heterocycles. The number of rotatable bonds is 9. The lowest BCUT2D eigenvalue weighted by molar-refractivity contribution is -0.137. The minimum Gasteiger partial charge on any atom is -0.350 e. The van der Waals surface area contributed by atoms with Crippen LogP contribution in [0.5, 0.6) is 0 Å². The summed E-state index contributed by atoms with van der Waals surface area (Å²) in [6.45, 7) is 0.579. The fraction of sp³-hybridized carbons (Fsp3) is 0.238. The average Bonchev–Trinajstić information content (AvgIpc) is 3.23. The molecule has 0 spiro atoms. The van der Waals surface area contributed by atoms with Crippen LogP contribution in [0.4, 0.5) is 23.4 Å². The van der Waals surface area contributed by atoms with E-state index in [2.05, 4.69) is 15.6 Å². The number of aromatic nitrogens is 3. The number of carbonyl (C=O) groups excluding carboxylic acids is 2. The van der Waals surface area contributed by atoms with Crippen molar-refractivity contribution in [3.05, 3.63) is 77.2 Å². The van der Waals surface area contributed by atoms with Gasteiger partial charge in [0.1, 0.15) is 5.82 Å². The first kappa shape index (κ1) is 22.9. The molecule has 0 fully saturated rings. The Bertz CT molecular complexity index is 1070. The Hall–Kier alpha value is -3.76. The number of nitrogens with one attached hydrogen (secondary N) is 1. The highest BCUT2D eigenvalue weighted by molar-refractivity contribution is 5.94. The molecule has 0 aliphatic rings. The van der Waals surface area contributed by atoms with Crippen LogP contribution in [0, 0.1) is 5.82 Å². The summed E-state index contributed by atoms with van der Waals surface area (Å²) in [4.78, 5) is 24.9. The molecule has 0 aliphatic carbocycles. The van der Waals surface area contributed by atoms with Crippen molar-refractivity contribution in [2.45, 2.75) is 19.1 Å². The molecule has 3 rings (SSSR count). The highest BCUT2D eigenvalue weighted by Crippen LogP contribution is 2.30. The summed E-state index contributed by atoms with van der Waals surface area (Å²) in [5.74, 6) is -1.79. The van der Waals surface area contributed by atoms with E-state index in [-0.39, 0.29) is 19.2 Å². The number of benzene rings is 2. The molecule has 0 atom stereocenters. The number of alkyl halides is 3. The van der Waals surface area contributed by atoms with Crippen molar-refractivity contribution >= 4 is 18.1 Å². The van der Waals surface area contributed by atoms with Crippen LogP contribution in [-0.2, 0) is 23.9 Å². The third-order valence-corrected chi connectivity index (χ3v) is 4.60. The zero-order valence-corrected chi connectivity index (χ0v) is 16.7. The van der Waals surface area contributed by atoms with E-state index in [1.165, 1.54) is 15.8 Å². The van der Waals surface area contributed by atoms with Crippen LogP contribution < -0.4 is 10.2 Å². The number of nitrogens with zero attached hydrogens (tertiary/aromatic N) is 4. The Morgan fingerprint density at radius 2 is 1.91 bits per heavy atom. The number of carbonyl (C=O) groups is 2. The van der Waals surface area contributed by atoms with Crippen molar-refractivity contribution in [2.75, 3.05) is 18.0 Å². The van der Waals surface area contributed by atoms with Gasteiger partial charge in [-0.05, 0) is 30.2 Å². The van der Waals surface area contributed by atoms with Crippen molar-refractivity contribution in [1.82, 2.24) is 20.3 Å². The average molecular weight is 449 g/mol. The Morgan fingerprint density at radius 3 is 2.56 bits per heavy atom. The Kier molecular flexibility index (Phi) is 7.18. The number of halogens is 4. The highest BCUT2D eigenvalue weighted by atomic mass is 19.4. The van der Waals surface area contributed by atoms with Crippen LogP contribution in [-0.4, -0.2) is 40.4 Å². The van der Waals surface area contributed by atoms with Gasteiger partial charge in [-0.25, -0.2) is 9.07 Å². The Morgan fingerprint density at radius 1 is 1.16 bits per heavy atom. The van der Waals surface area contributed by atoms with Crippen molar-refractivity contribution in [1.29, 1.82) is 0 Å². The molecule has 0 radical (unpaired) electrons. The van der Waals surface area contributed by atoms with E-state index in [0.29, 0.717) is 31.3 Å². The van der Waals surface area contributed by atoms with Crippen LogP contribution in [0.3, 0.4) is 0 Å². The standard InChI is InChI=1S/C21H19F4N5O2/c22-18-12-16(21(23,24)25)6-7-17(18)20(32)26-9-11-30-13-19(27-28-30)29(14-31)10-8-15-4-2-1-3-5-15/h1-7,12-14H,8-11H2,(H,26,32). The summed E-state index contributed by atoms with van der Waals surface area (Å²) in [6.07, 6.45) is -1.91. The summed E-state index contributed by atoms with van der Waals surface area (Å²) < 4.78 is 53.1. The van der Waals surface area contributed by atoms with Gasteiger partial charge in [0.25, 0.3) is 5.91 Å². The van der Waals surface area contributed by atoms with Crippen molar-refractivity contribution in [3.8, 4) is 0 Å². The molecule has 0 saturated heterocycles. The highest BCUT2D eigenvalue weighted by Gasteiger charge is 2.31. The van der Waals surface area contributed by atoms with Crippen LogP contribution in [0.2, 0.25) is 0 Å². The molecule has 3 aromatic rings. The molecule has 11 heteroatoms. The SMILES string of the molecule is O=CN(CCc1ccccc1)c1cn(CCNC(=O)c2ccc(C(F)(F)F)cc2F)nn1. The second kappa shape index (κ2) is 10.0. The minimum absolute atomic E-state index is 0.0210. The number of amides is 2. The van der Waals surface area contributed by atoms with Gasteiger partial charge in [0, 0.05) is 13.1 Å². The number of anilines is 1. The number of hydrogen-bond donors (Lipinski definition) is 1. The molecular formula is C21H19F4N5O2. The van der Waals surface area contributed by atoms with Crippen LogP contribution in [0.1, 0.15) is 21.5 Å². The monoisotopic (exact) mass is 449 g/mol. The quantitative estimate of drug-likeness (QED) is 0.402.